The highest BCUT2D eigenvalue weighted by atomic mass is 35.5. The van der Waals surface area contributed by atoms with Crippen LogP contribution in [0.3, 0.4) is 0 Å². The van der Waals surface area contributed by atoms with E-state index in [-0.39, 0.29) is 12.5 Å². The molecule has 1 amide bonds. The zero-order valence-electron chi connectivity index (χ0n) is 14.8. The second kappa shape index (κ2) is 9.34. The minimum Gasteiger partial charge on any atom is -0.484 e. The first-order chi connectivity index (χ1) is 13.1. The number of carbonyl (C=O) groups excluding carboxylic acids is 1. The van der Waals surface area contributed by atoms with Gasteiger partial charge in [0.05, 0.1) is 17.7 Å². The predicted molar refractivity (Wildman–Crippen MR) is 109 cm³/mol. The van der Waals surface area contributed by atoms with Gasteiger partial charge in [-0.05, 0) is 36.6 Å². The predicted octanol–water partition coefficient (Wildman–Crippen LogP) is 3.81. The van der Waals surface area contributed by atoms with Gasteiger partial charge in [0.2, 0.25) is 5.88 Å². The van der Waals surface area contributed by atoms with Gasteiger partial charge in [-0.3, -0.25) is 4.79 Å². The Hall–Kier alpha value is -1.90. The molecule has 0 N–H and O–H groups in total. The highest BCUT2D eigenvalue weighted by Crippen LogP contribution is 2.32. The lowest BCUT2D eigenvalue weighted by atomic mass is 10.3. The first-order valence-corrected chi connectivity index (χ1v) is 10.7. The van der Waals surface area contributed by atoms with Crippen LogP contribution in [0.5, 0.6) is 11.6 Å². The number of aromatic nitrogens is 2. The molecule has 2 heterocycles. The van der Waals surface area contributed by atoms with Gasteiger partial charge in [-0.1, -0.05) is 23.4 Å². The summed E-state index contributed by atoms with van der Waals surface area (Å²) >= 11 is 8.90. The van der Waals surface area contributed by atoms with E-state index in [1.165, 1.54) is 11.8 Å². The maximum absolute atomic E-state index is 12.6. The minimum atomic E-state index is -0.109. The molecule has 1 aliphatic heterocycles. The van der Waals surface area contributed by atoms with Gasteiger partial charge in [-0.15, -0.1) is 11.8 Å². The molecular formula is C18H18ClN3O3S2. The Morgan fingerprint density at radius 3 is 2.89 bits per heavy atom. The molecule has 27 heavy (non-hydrogen) atoms. The lowest BCUT2D eigenvalue weighted by Crippen LogP contribution is -2.31. The fourth-order valence-electron chi connectivity index (χ4n) is 2.40. The number of hydrogen-bond donors (Lipinski definition) is 0. The molecule has 0 spiro atoms. The second-order valence-corrected chi connectivity index (χ2v) is 7.77. The number of benzene rings is 1. The maximum atomic E-state index is 12.6. The van der Waals surface area contributed by atoms with Crippen LogP contribution in [0.1, 0.15) is 5.56 Å². The van der Waals surface area contributed by atoms with E-state index in [9.17, 15) is 4.79 Å². The zero-order chi connectivity index (χ0) is 19.2. The maximum Gasteiger partial charge on any atom is 0.265 e. The Labute approximate surface area is 171 Å². The number of amides is 1. The summed E-state index contributed by atoms with van der Waals surface area (Å²) in [5, 5.41) is 2.09. The molecule has 1 aromatic carbocycles. The zero-order valence-corrected chi connectivity index (χ0v) is 17.2. The Morgan fingerprint density at radius 1 is 1.41 bits per heavy atom. The van der Waals surface area contributed by atoms with Crippen molar-refractivity contribution in [1.82, 2.24) is 14.9 Å². The van der Waals surface area contributed by atoms with Crippen LogP contribution in [0, 0.1) is 0 Å². The largest absolute Gasteiger partial charge is 0.484 e. The third kappa shape index (κ3) is 5.09. The lowest BCUT2D eigenvalue weighted by Gasteiger charge is -2.17. The van der Waals surface area contributed by atoms with Crippen LogP contribution in [0.2, 0.25) is 5.02 Å². The number of ether oxygens (including phenoxy) is 2. The average Bonchev–Trinajstić information content (AvgIpc) is 3.16. The fraction of sp³-hybridized carbons (Fsp3) is 0.278. The van der Waals surface area contributed by atoms with E-state index in [0.717, 1.165) is 16.3 Å². The SMILES string of the molecule is COc1nc(SC)ncc1/C=C1/SCCN1C(=O)COc1ccc(Cl)cc1. The third-order valence-corrected chi connectivity index (χ3v) is 5.56. The van der Waals surface area contributed by atoms with E-state index in [1.807, 2.05) is 12.3 Å². The van der Waals surface area contributed by atoms with Crippen LogP contribution in [-0.4, -0.2) is 53.0 Å². The number of carbonyl (C=O) groups is 1. The van der Waals surface area contributed by atoms with Gasteiger partial charge < -0.3 is 14.4 Å². The van der Waals surface area contributed by atoms with E-state index in [1.54, 1.807) is 54.2 Å². The van der Waals surface area contributed by atoms with Gasteiger partial charge in [0, 0.05) is 23.5 Å². The molecule has 0 saturated carbocycles. The first-order valence-electron chi connectivity index (χ1n) is 8.09. The van der Waals surface area contributed by atoms with Gasteiger partial charge in [0.1, 0.15) is 5.75 Å². The molecule has 142 valence electrons. The fourth-order valence-corrected chi connectivity index (χ4v) is 3.91. The van der Waals surface area contributed by atoms with E-state index in [2.05, 4.69) is 9.97 Å². The van der Waals surface area contributed by atoms with Gasteiger partial charge in [0.15, 0.2) is 11.8 Å². The van der Waals surface area contributed by atoms with Crippen molar-refractivity contribution in [2.45, 2.75) is 5.16 Å². The first kappa shape index (κ1) is 19.9. The molecule has 1 fully saturated rings. The van der Waals surface area contributed by atoms with Crippen molar-refractivity contribution in [3.8, 4) is 11.6 Å². The summed E-state index contributed by atoms with van der Waals surface area (Å²) in [6.07, 6.45) is 5.48. The molecular weight excluding hydrogens is 406 g/mol. The standard InChI is InChI=1S/C18H18ClN3O3S2/c1-24-17-12(10-20-18(21-17)26-2)9-16-22(7-8-27-16)15(23)11-25-14-5-3-13(19)4-6-14/h3-6,9-10H,7-8,11H2,1-2H3/b16-9+. The van der Waals surface area contributed by atoms with Crippen LogP contribution < -0.4 is 9.47 Å². The normalized spacial score (nSPS) is 15.2. The Bertz CT molecular complexity index is 846. The van der Waals surface area contributed by atoms with Crippen LogP contribution in [-0.2, 0) is 4.79 Å². The summed E-state index contributed by atoms with van der Waals surface area (Å²) in [6.45, 7) is 0.587. The van der Waals surface area contributed by atoms with Crippen molar-refractivity contribution in [1.29, 1.82) is 0 Å². The number of methoxy groups -OCH3 is 1. The molecule has 0 bridgehead atoms. The molecule has 0 aliphatic carbocycles. The summed E-state index contributed by atoms with van der Waals surface area (Å²) in [5.74, 6) is 1.80. The smallest absolute Gasteiger partial charge is 0.265 e. The molecule has 3 rings (SSSR count). The monoisotopic (exact) mass is 423 g/mol. The van der Waals surface area contributed by atoms with Crippen molar-refractivity contribution in [3.05, 3.63) is 46.1 Å². The lowest BCUT2D eigenvalue weighted by molar-refractivity contribution is -0.130. The highest BCUT2D eigenvalue weighted by molar-refractivity contribution is 8.03. The highest BCUT2D eigenvalue weighted by Gasteiger charge is 2.25. The van der Waals surface area contributed by atoms with Crippen molar-refractivity contribution in [3.63, 3.8) is 0 Å². The quantitative estimate of drug-likeness (QED) is 0.517. The third-order valence-electron chi connectivity index (χ3n) is 3.72. The Balaban J connectivity index is 1.71. The van der Waals surface area contributed by atoms with Gasteiger partial charge in [0.25, 0.3) is 5.91 Å². The van der Waals surface area contributed by atoms with Crippen LogP contribution >= 0.6 is 35.1 Å². The molecule has 6 nitrogen and oxygen atoms in total. The van der Waals surface area contributed by atoms with Crippen molar-refractivity contribution in [2.24, 2.45) is 0 Å². The summed E-state index contributed by atoms with van der Waals surface area (Å²) < 4.78 is 10.9. The summed E-state index contributed by atoms with van der Waals surface area (Å²) in [5.41, 5.74) is 0.733. The molecule has 9 heteroatoms. The van der Waals surface area contributed by atoms with E-state index in [0.29, 0.717) is 28.4 Å². The number of halogens is 1. The second-order valence-electron chi connectivity index (χ2n) is 5.44. The summed E-state index contributed by atoms with van der Waals surface area (Å²) in [7, 11) is 1.57. The number of hydrogen-bond acceptors (Lipinski definition) is 7. The van der Waals surface area contributed by atoms with Gasteiger partial charge in [-0.25, -0.2) is 4.98 Å². The van der Waals surface area contributed by atoms with Gasteiger partial charge >= 0.3 is 0 Å². The summed E-state index contributed by atoms with van der Waals surface area (Å²) in [6, 6.07) is 6.92. The molecule has 0 unspecified atom stereocenters. The van der Waals surface area contributed by atoms with Crippen molar-refractivity contribution < 1.29 is 14.3 Å². The van der Waals surface area contributed by atoms with E-state index >= 15 is 0 Å². The molecule has 1 aromatic heterocycles. The number of rotatable bonds is 6. The van der Waals surface area contributed by atoms with E-state index in [4.69, 9.17) is 21.1 Å². The summed E-state index contributed by atoms with van der Waals surface area (Å²) in [4.78, 5) is 22.9. The Kier molecular flexibility index (Phi) is 6.87. The van der Waals surface area contributed by atoms with Crippen molar-refractivity contribution in [2.75, 3.05) is 32.3 Å². The molecule has 1 aliphatic rings. The topological polar surface area (TPSA) is 64.6 Å². The Morgan fingerprint density at radius 2 is 2.19 bits per heavy atom. The van der Waals surface area contributed by atoms with Crippen LogP contribution in [0.4, 0.5) is 0 Å². The number of thioether (sulfide) groups is 2. The average molecular weight is 424 g/mol. The molecule has 0 radical (unpaired) electrons. The molecule has 2 aromatic rings. The van der Waals surface area contributed by atoms with Crippen molar-refractivity contribution >= 4 is 47.1 Å². The van der Waals surface area contributed by atoms with E-state index < -0.39 is 0 Å². The van der Waals surface area contributed by atoms with Crippen LogP contribution in [0.25, 0.3) is 6.08 Å². The molecule has 0 atom stereocenters. The van der Waals surface area contributed by atoms with Crippen LogP contribution in [0.15, 0.2) is 40.6 Å². The molecule has 1 saturated heterocycles. The minimum absolute atomic E-state index is 0.0431. The number of nitrogens with zero attached hydrogens (tertiary/aromatic N) is 3. The van der Waals surface area contributed by atoms with Gasteiger partial charge in [-0.2, -0.15) is 4.98 Å².